The summed E-state index contributed by atoms with van der Waals surface area (Å²) in [6.45, 7) is 1.50. The first kappa shape index (κ1) is 17.8. The van der Waals surface area contributed by atoms with Crippen LogP contribution in [0, 0.1) is 5.92 Å². The SMILES string of the molecule is COc1cccc(C(c2cccs2)N2CCC(C(=O)O)CC2)c1OC. The summed E-state index contributed by atoms with van der Waals surface area (Å²) in [4.78, 5) is 14.8. The van der Waals surface area contributed by atoms with Crippen LogP contribution in [0.1, 0.15) is 29.3 Å². The molecule has 0 saturated carbocycles. The number of carboxylic acid groups (broad SMARTS) is 1. The number of benzene rings is 1. The largest absolute Gasteiger partial charge is 0.493 e. The van der Waals surface area contributed by atoms with Crippen molar-refractivity contribution in [2.75, 3.05) is 27.3 Å². The number of hydrogen-bond acceptors (Lipinski definition) is 5. The zero-order valence-corrected chi connectivity index (χ0v) is 15.3. The van der Waals surface area contributed by atoms with Crippen LogP contribution in [0.4, 0.5) is 0 Å². The van der Waals surface area contributed by atoms with Crippen LogP contribution in [0.15, 0.2) is 35.7 Å². The Morgan fingerprint density at radius 2 is 1.96 bits per heavy atom. The number of carbonyl (C=O) groups is 1. The van der Waals surface area contributed by atoms with Crippen LogP contribution < -0.4 is 9.47 Å². The van der Waals surface area contributed by atoms with Gasteiger partial charge in [0.15, 0.2) is 11.5 Å². The van der Waals surface area contributed by atoms with Crippen LogP contribution >= 0.6 is 11.3 Å². The molecule has 0 radical (unpaired) electrons. The van der Waals surface area contributed by atoms with Crippen LogP contribution in [0.3, 0.4) is 0 Å². The van der Waals surface area contributed by atoms with E-state index in [0.29, 0.717) is 18.6 Å². The number of likely N-dealkylation sites (tertiary alicyclic amines) is 1. The Morgan fingerprint density at radius 1 is 1.20 bits per heavy atom. The highest BCUT2D eigenvalue weighted by atomic mass is 32.1. The van der Waals surface area contributed by atoms with Gasteiger partial charge < -0.3 is 14.6 Å². The van der Waals surface area contributed by atoms with Crippen molar-refractivity contribution in [3.8, 4) is 11.5 Å². The third-order valence-electron chi connectivity index (χ3n) is 4.78. The molecule has 25 heavy (non-hydrogen) atoms. The van der Waals surface area contributed by atoms with Crippen molar-refractivity contribution >= 4 is 17.3 Å². The molecule has 5 nitrogen and oxygen atoms in total. The van der Waals surface area contributed by atoms with Crippen molar-refractivity contribution in [1.82, 2.24) is 4.90 Å². The number of thiophene rings is 1. The Morgan fingerprint density at radius 3 is 2.52 bits per heavy atom. The van der Waals surface area contributed by atoms with E-state index in [1.165, 1.54) is 4.88 Å². The van der Waals surface area contributed by atoms with Gasteiger partial charge in [-0.3, -0.25) is 9.69 Å². The Balaban J connectivity index is 1.96. The van der Waals surface area contributed by atoms with E-state index >= 15 is 0 Å². The maximum absolute atomic E-state index is 11.3. The van der Waals surface area contributed by atoms with E-state index in [4.69, 9.17) is 9.47 Å². The lowest BCUT2D eigenvalue weighted by molar-refractivity contribution is -0.143. The first-order valence-electron chi connectivity index (χ1n) is 8.36. The zero-order valence-electron chi connectivity index (χ0n) is 14.5. The van der Waals surface area contributed by atoms with E-state index in [1.54, 1.807) is 25.6 Å². The molecule has 1 aromatic carbocycles. The van der Waals surface area contributed by atoms with Crippen molar-refractivity contribution in [3.05, 3.63) is 46.2 Å². The molecule has 1 atom stereocenters. The van der Waals surface area contributed by atoms with E-state index in [0.717, 1.165) is 24.4 Å². The predicted molar refractivity (Wildman–Crippen MR) is 97.6 cm³/mol. The summed E-state index contributed by atoms with van der Waals surface area (Å²) in [5.41, 5.74) is 1.05. The van der Waals surface area contributed by atoms with Crippen LogP contribution in [0.25, 0.3) is 0 Å². The molecule has 0 aliphatic carbocycles. The number of piperidine rings is 1. The molecule has 1 aliphatic heterocycles. The van der Waals surface area contributed by atoms with Crippen LogP contribution in [-0.4, -0.2) is 43.3 Å². The van der Waals surface area contributed by atoms with Gasteiger partial charge in [0.2, 0.25) is 0 Å². The average Bonchev–Trinajstić information content (AvgIpc) is 3.16. The lowest BCUT2D eigenvalue weighted by atomic mass is 9.93. The molecule has 134 valence electrons. The van der Waals surface area contributed by atoms with Gasteiger partial charge in [-0.1, -0.05) is 18.2 Å². The molecule has 1 aromatic heterocycles. The number of methoxy groups -OCH3 is 2. The van der Waals surface area contributed by atoms with Crippen LogP contribution in [-0.2, 0) is 4.79 Å². The summed E-state index contributed by atoms with van der Waals surface area (Å²) in [6, 6.07) is 10.1. The molecule has 0 spiro atoms. The van der Waals surface area contributed by atoms with Gasteiger partial charge in [0.25, 0.3) is 0 Å². The molecule has 1 saturated heterocycles. The lowest BCUT2D eigenvalue weighted by Crippen LogP contribution is -2.39. The van der Waals surface area contributed by atoms with Crippen LogP contribution in [0.5, 0.6) is 11.5 Å². The number of rotatable bonds is 6. The fourth-order valence-corrected chi connectivity index (χ4v) is 4.39. The Bertz CT molecular complexity index is 708. The molecule has 2 heterocycles. The standard InChI is InChI=1S/C19H23NO4S/c1-23-15-6-3-5-14(18(15)24-2)17(16-7-4-12-25-16)20-10-8-13(9-11-20)19(21)22/h3-7,12-13,17H,8-11H2,1-2H3,(H,21,22). The maximum atomic E-state index is 11.3. The average molecular weight is 361 g/mol. The molecule has 1 unspecified atom stereocenters. The summed E-state index contributed by atoms with van der Waals surface area (Å²) >= 11 is 1.70. The molecule has 1 fully saturated rings. The number of nitrogens with zero attached hydrogens (tertiary/aromatic N) is 1. The number of hydrogen-bond donors (Lipinski definition) is 1. The van der Waals surface area contributed by atoms with Gasteiger partial charge in [0.1, 0.15) is 0 Å². The lowest BCUT2D eigenvalue weighted by Gasteiger charge is -2.37. The fourth-order valence-electron chi connectivity index (χ4n) is 3.51. The summed E-state index contributed by atoms with van der Waals surface area (Å²) < 4.78 is 11.1. The zero-order chi connectivity index (χ0) is 17.8. The van der Waals surface area contributed by atoms with Crippen molar-refractivity contribution < 1.29 is 19.4 Å². The quantitative estimate of drug-likeness (QED) is 0.851. The highest BCUT2D eigenvalue weighted by Gasteiger charge is 2.32. The number of ether oxygens (including phenoxy) is 2. The van der Waals surface area contributed by atoms with Gasteiger partial charge in [-0.05, 0) is 43.4 Å². The second-order valence-electron chi connectivity index (χ2n) is 6.15. The monoisotopic (exact) mass is 361 g/mol. The van der Waals surface area contributed by atoms with E-state index < -0.39 is 5.97 Å². The molecule has 6 heteroatoms. The van der Waals surface area contributed by atoms with Gasteiger partial charge in [0.05, 0.1) is 26.2 Å². The smallest absolute Gasteiger partial charge is 0.306 e. The minimum atomic E-state index is -0.689. The number of aliphatic carboxylic acids is 1. The molecule has 1 aliphatic rings. The fraction of sp³-hybridized carbons (Fsp3) is 0.421. The Hall–Kier alpha value is -2.05. The molecule has 1 N–H and O–H groups in total. The Kier molecular flexibility index (Phi) is 5.60. The minimum absolute atomic E-state index is 0.0415. The van der Waals surface area contributed by atoms with Gasteiger partial charge >= 0.3 is 5.97 Å². The van der Waals surface area contributed by atoms with E-state index in [1.807, 2.05) is 18.2 Å². The first-order valence-corrected chi connectivity index (χ1v) is 9.24. The van der Waals surface area contributed by atoms with Crippen molar-refractivity contribution in [1.29, 1.82) is 0 Å². The normalized spacial score (nSPS) is 17.2. The van der Waals surface area contributed by atoms with E-state index in [9.17, 15) is 9.90 Å². The first-order chi connectivity index (χ1) is 12.2. The third kappa shape index (κ3) is 3.65. The summed E-state index contributed by atoms with van der Waals surface area (Å²) in [7, 11) is 3.30. The van der Waals surface area contributed by atoms with E-state index in [2.05, 4.69) is 22.4 Å². The van der Waals surface area contributed by atoms with Gasteiger partial charge in [0, 0.05) is 10.4 Å². The Labute approximate surface area is 151 Å². The van der Waals surface area contributed by atoms with Crippen molar-refractivity contribution in [2.45, 2.75) is 18.9 Å². The van der Waals surface area contributed by atoms with Crippen molar-refractivity contribution in [3.63, 3.8) is 0 Å². The maximum Gasteiger partial charge on any atom is 0.306 e. The van der Waals surface area contributed by atoms with Gasteiger partial charge in [-0.2, -0.15) is 0 Å². The van der Waals surface area contributed by atoms with Crippen molar-refractivity contribution in [2.24, 2.45) is 5.92 Å². The molecular formula is C19H23NO4S. The summed E-state index contributed by atoms with van der Waals surface area (Å²) in [5.74, 6) is 0.518. The second kappa shape index (κ2) is 7.89. The molecule has 2 aromatic rings. The predicted octanol–water partition coefficient (Wildman–Crippen LogP) is 3.65. The summed E-state index contributed by atoms with van der Waals surface area (Å²) in [6.07, 6.45) is 1.34. The van der Waals surface area contributed by atoms with Gasteiger partial charge in [-0.15, -0.1) is 11.3 Å². The molecular weight excluding hydrogens is 338 g/mol. The third-order valence-corrected chi connectivity index (χ3v) is 5.71. The molecule has 0 bridgehead atoms. The van der Waals surface area contributed by atoms with Crippen LogP contribution in [0.2, 0.25) is 0 Å². The molecule has 0 amide bonds. The minimum Gasteiger partial charge on any atom is -0.493 e. The second-order valence-corrected chi connectivity index (χ2v) is 7.13. The molecule has 3 rings (SSSR count). The highest BCUT2D eigenvalue weighted by Crippen LogP contribution is 2.42. The number of carboxylic acids is 1. The van der Waals surface area contributed by atoms with Gasteiger partial charge in [-0.25, -0.2) is 0 Å². The topological polar surface area (TPSA) is 59.0 Å². The van der Waals surface area contributed by atoms with E-state index in [-0.39, 0.29) is 12.0 Å². The summed E-state index contributed by atoms with van der Waals surface area (Å²) in [5, 5.41) is 11.3. The highest BCUT2D eigenvalue weighted by molar-refractivity contribution is 7.10. The number of para-hydroxylation sites is 1.